The molecule has 0 saturated heterocycles. The molecule has 0 aromatic rings. The van der Waals surface area contributed by atoms with E-state index < -0.39 is 0 Å². The fourth-order valence-corrected chi connectivity index (χ4v) is 1.76. The molecular formula is C16H34N2O. The van der Waals surface area contributed by atoms with E-state index in [1.54, 1.807) is 6.92 Å². The molecular weight excluding hydrogens is 236 g/mol. The number of carbonyl (C=O) groups is 1. The minimum Gasteiger partial charge on any atom is -0.356 e. The maximum atomic E-state index is 11.3. The molecule has 0 aliphatic rings. The Balaban J connectivity index is 0. The first-order chi connectivity index (χ1) is 9.22. The van der Waals surface area contributed by atoms with Gasteiger partial charge in [-0.1, -0.05) is 58.8 Å². The molecule has 0 atom stereocenters. The van der Waals surface area contributed by atoms with E-state index in [4.69, 9.17) is 5.41 Å². The topological polar surface area (TPSA) is 53.0 Å². The summed E-state index contributed by atoms with van der Waals surface area (Å²) in [5.41, 5.74) is 0. The Hall–Kier alpha value is -0.860. The van der Waals surface area contributed by atoms with Crippen LogP contribution in [-0.4, -0.2) is 18.7 Å². The first-order valence-electron chi connectivity index (χ1n) is 7.94. The van der Waals surface area contributed by atoms with Crippen LogP contribution in [0, 0.1) is 5.41 Å². The quantitative estimate of drug-likeness (QED) is 0.415. The van der Waals surface area contributed by atoms with Gasteiger partial charge in [-0.05, 0) is 26.0 Å². The normalized spacial score (nSPS) is 9.42. The number of hydrogen-bond acceptors (Lipinski definition) is 2. The SMILES string of the molecule is CC=N.CCCCCCCCNC(=O)CCCCC. The molecule has 0 heterocycles. The molecule has 3 heteroatoms. The van der Waals surface area contributed by atoms with Crippen LogP contribution < -0.4 is 5.32 Å². The summed E-state index contributed by atoms with van der Waals surface area (Å²) >= 11 is 0. The van der Waals surface area contributed by atoms with Crippen molar-refractivity contribution < 1.29 is 4.79 Å². The van der Waals surface area contributed by atoms with Gasteiger partial charge in [0.1, 0.15) is 0 Å². The van der Waals surface area contributed by atoms with Crippen molar-refractivity contribution in [3.05, 3.63) is 0 Å². The predicted molar refractivity (Wildman–Crippen MR) is 85.0 cm³/mol. The molecule has 0 fully saturated rings. The van der Waals surface area contributed by atoms with E-state index in [1.807, 2.05) is 0 Å². The summed E-state index contributed by atoms with van der Waals surface area (Å²) in [7, 11) is 0. The molecule has 0 bridgehead atoms. The van der Waals surface area contributed by atoms with E-state index in [2.05, 4.69) is 19.2 Å². The smallest absolute Gasteiger partial charge is 0.219 e. The molecule has 0 aromatic heterocycles. The highest BCUT2D eigenvalue weighted by molar-refractivity contribution is 5.75. The first kappa shape index (κ1) is 20.5. The van der Waals surface area contributed by atoms with Gasteiger partial charge in [0.05, 0.1) is 0 Å². The van der Waals surface area contributed by atoms with Crippen LogP contribution >= 0.6 is 0 Å². The Kier molecular flexibility index (Phi) is 21.0. The van der Waals surface area contributed by atoms with Gasteiger partial charge in [-0.2, -0.15) is 0 Å². The van der Waals surface area contributed by atoms with E-state index in [-0.39, 0.29) is 5.91 Å². The second kappa shape index (κ2) is 19.5. The van der Waals surface area contributed by atoms with Crippen LogP contribution in [0.3, 0.4) is 0 Å². The van der Waals surface area contributed by atoms with Crippen molar-refractivity contribution in [1.82, 2.24) is 5.32 Å². The zero-order chi connectivity index (χ0) is 14.8. The van der Waals surface area contributed by atoms with Gasteiger partial charge in [0.25, 0.3) is 0 Å². The van der Waals surface area contributed by atoms with Crippen molar-refractivity contribution in [3.8, 4) is 0 Å². The molecule has 0 saturated carbocycles. The third-order valence-corrected chi connectivity index (χ3v) is 2.86. The molecule has 0 radical (unpaired) electrons. The van der Waals surface area contributed by atoms with Crippen LogP contribution in [0.4, 0.5) is 0 Å². The lowest BCUT2D eigenvalue weighted by Crippen LogP contribution is -2.23. The average molecular weight is 270 g/mol. The van der Waals surface area contributed by atoms with Gasteiger partial charge in [-0.15, -0.1) is 0 Å². The Bertz CT molecular complexity index is 193. The van der Waals surface area contributed by atoms with Gasteiger partial charge in [0, 0.05) is 13.0 Å². The highest BCUT2D eigenvalue weighted by atomic mass is 16.1. The summed E-state index contributed by atoms with van der Waals surface area (Å²) in [5, 5.41) is 9.08. The van der Waals surface area contributed by atoms with E-state index >= 15 is 0 Å². The van der Waals surface area contributed by atoms with E-state index in [1.165, 1.54) is 51.2 Å². The lowest BCUT2D eigenvalue weighted by atomic mass is 10.1. The van der Waals surface area contributed by atoms with Crippen molar-refractivity contribution in [2.75, 3.05) is 6.54 Å². The average Bonchev–Trinajstić information content (AvgIpc) is 2.39. The summed E-state index contributed by atoms with van der Waals surface area (Å²) < 4.78 is 0. The lowest BCUT2D eigenvalue weighted by Gasteiger charge is -2.04. The minimum absolute atomic E-state index is 0.238. The van der Waals surface area contributed by atoms with Gasteiger partial charge in [0.15, 0.2) is 0 Å². The Labute approximate surface area is 120 Å². The van der Waals surface area contributed by atoms with Crippen LogP contribution in [0.15, 0.2) is 0 Å². The van der Waals surface area contributed by atoms with Gasteiger partial charge in [-0.3, -0.25) is 4.79 Å². The molecule has 2 N–H and O–H groups in total. The molecule has 0 aliphatic carbocycles. The monoisotopic (exact) mass is 270 g/mol. The Morgan fingerprint density at radius 2 is 1.42 bits per heavy atom. The Morgan fingerprint density at radius 3 is 2.00 bits per heavy atom. The number of rotatable bonds is 11. The number of carbonyl (C=O) groups excluding carboxylic acids is 1. The molecule has 1 amide bonds. The van der Waals surface area contributed by atoms with Crippen LogP contribution in [0.25, 0.3) is 0 Å². The maximum Gasteiger partial charge on any atom is 0.219 e. The molecule has 3 nitrogen and oxygen atoms in total. The molecule has 0 aromatic carbocycles. The second-order valence-corrected chi connectivity index (χ2v) is 4.86. The van der Waals surface area contributed by atoms with Crippen molar-refractivity contribution in [2.24, 2.45) is 0 Å². The summed E-state index contributed by atoms with van der Waals surface area (Å²) in [4.78, 5) is 11.3. The molecule has 19 heavy (non-hydrogen) atoms. The largest absolute Gasteiger partial charge is 0.356 e. The van der Waals surface area contributed by atoms with Gasteiger partial charge in [-0.25, -0.2) is 0 Å². The van der Waals surface area contributed by atoms with Crippen molar-refractivity contribution in [3.63, 3.8) is 0 Å². The number of unbranched alkanes of at least 4 members (excludes halogenated alkanes) is 7. The van der Waals surface area contributed by atoms with Gasteiger partial charge in [0.2, 0.25) is 5.91 Å². The fourth-order valence-electron chi connectivity index (χ4n) is 1.76. The zero-order valence-electron chi connectivity index (χ0n) is 13.3. The van der Waals surface area contributed by atoms with Crippen LogP contribution in [-0.2, 0) is 4.79 Å². The number of hydrogen-bond donors (Lipinski definition) is 2. The second-order valence-electron chi connectivity index (χ2n) is 4.86. The summed E-state index contributed by atoms with van der Waals surface area (Å²) in [6.07, 6.45) is 13.1. The van der Waals surface area contributed by atoms with E-state index in [9.17, 15) is 4.79 Å². The summed E-state index contributed by atoms with van der Waals surface area (Å²) in [6, 6.07) is 0. The zero-order valence-corrected chi connectivity index (χ0v) is 13.3. The van der Waals surface area contributed by atoms with Crippen LogP contribution in [0.2, 0.25) is 0 Å². The molecule has 0 unspecified atom stereocenters. The van der Waals surface area contributed by atoms with Crippen molar-refractivity contribution in [1.29, 1.82) is 5.41 Å². The highest BCUT2D eigenvalue weighted by Crippen LogP contribution is 2.04. The standard InChI is InChI=1S/C14H29NO.C2H5N/c1-3-5-7-8-9-11-13-15-14(16)12-10-6-4-2;1-2-3/h3-13H2,1-2H3,(H,15,16);2-3H,1H3. The van der Waals surface area contributed by atoms with E-state index in [0.717, 1.165) is 19.4 Å². The predicted octanol–water partition coefficient (Wildman–Crippen LogP) is 4.70. The molecule has 114 valence electrons. The summed E-state index contributed by atoms with van der Waals surface area (Å²) in [6.45, 7) is 6.93. The van der Waals surface area contributed by atoms with Crippen LogP contribution in [0.1, 0.15) is 85.0 Å². The maximum absolute atomic E-state index is 11.3. The fraction of sp³-hybridized carbons (Fsp3) is 0.875. The van der Waals surface area contributed by atoms with Crippen molar-refractivity contribution >= 4 is 12.1 Å². The van der Waals surface area contributed by atoms with E-state index in [0.29, 0.717) is 6.42 Å². The lowest BCUT2D eigenvalue weighted by molar-refractivity contribution is -0.121. The molecule has 0 spiro atoms. The number of amides is 1. The Morgan fingerprint density at radius 1 is 0.947 bits per heavy atom. The van der Waals surface area contributed by atoms with Gasteiger partial charge >= 0.3 is 0 Å². The third-order valence-electron chi connectivity index (χ3n) is 2.86. The molecule has 0 aliphatic heterocycles. The number of nitrogens with one attached hydrogen (secondary N) is 2. The summed E-state index contributed by atoms with van der Waals surface area (Å²) in [5.74, 6) is 0.238. The van der Waals surface area contributed by atoms with Gasteiger partial charge < -0.3 is 10.7 Å². The first-order valence-corrected chi connectivity index (χ1v) is 7.94. The van der Waals surface area contributed by atoms with Crippen LogP contribution in [0.5, 0.6) is 0 Å². The third kappa shape index (κ3) is 22.8. The highest BCUT2D eigenvalue weighted by Gasteiger charge is 1.99. The minimum atomic E-state index is 0.238. The van der Waals surface area contributed by atoms with Crippen molar-refractivity contribution in [2.45, 2.75) is 85.0 Å². The molecule has 0 rings (SSSR count).